The van der Waals surface area contributed by atoms with Crippen molar-refractivity contribution in [3.63, 3.8) is 0 Å². The molecule has 0 spiro atoms. The van der Waals surface area contributed by atoms with E-state index in [1.165, 1.54) is 12.8 Å². The van der Waals surface area contributed by atoms with Gasteiger partial charge >= 0.3 is 0 Å². The normalized spacial score (nSPS) is 20.6. The maximum atomic E-state index is 12.0. The topological polar surface area (TPSA) is 33.2 Å². The van der Waals surface area contributed by atoms with E-state index in [0.29, 0.717) is 17.6 Å². The zero-order valence-electron chi connectivity index (χ0n) is 8.95. The molecule has 3 nitrogen and oxygen atoms in total. The van der Waals surface area contributed by atoms with Crippen molar-refractivity contribution in [3.05, 3.63) is 23.0 Å². The summed E-state index contributed by atoms with van der Waals surface area (Å²) in [6, 6.07) is 2.20. The van der Waals surface area contributed by atoms with Crippen LogP contribution < -0.4 is 4.90 Å². The molecule has 1 aromatic heterocycles. The van der Waals surface area contributed by atoms with Crippen molar-refractivity contribution in [2.45, 2.75) is 38.1 Å². The standard InChI is InChI=1S/C12H13ClN2O/c13-11-6-10-8(7-14-11)5-12(16)15(10)9-3-1-2-4-9/h6-7,9H,1-5H2. The Labute approximate surface area is 99.4 Å². The molecule has 0 N–H and O–H groups in total. The maximum Gasteiger partial charge on any atom is 0.231 e. The fraction of sp³-hybridized carbons (Fsp3) is 0.500. The molecule has 0 atom stereocenters. The van der Waals surface area contributed by atoms with E-state index in [2.05, 4.69) is 4.98 Å². The van der Waals surface area contributed by atoms with Gasteiger partial charge in [-0.25, -0.2) is 4.98 Å². The van der Waals surface area contributed by atoms with Gasteiger partial charge in [0, 0.05) is 17.8 Å². The number of pyridine rings is 1. The van der Waals surface area contributed by atoms with Gasteiger partial charge in [0.15, 0.2) is 0 Å². The van der Waals surface area contributed by atoms with E-state index < -0.39 is 0 Å². The van der Waals surface area contributed by atoms with Crippen molar-refractivity contribution in [2.24, 2.45) is 0 Å². The number of rotatable bonds is 1. The van der Waals surface area contributed by atoms with Crippen LogP contribution in [-0.4, -0.2) is 16.9 Å². The highest BCUT2D eigenvalue weighted by Crippen LogP contribution is 2.36. The van der Waals surface area contributed by atoms with Gasteiger partial charge in [0.2, 0.25) is 5.91 Å². The highest BCUT2D eigenvalue weighted by Gasteiger charge is 2.34. The van der Waals surface area contributed by atoms with Gasteiger partial charge in [-0.1, -0.05) is 24.4 Å². The summed E-state index contributed by atoms with van der Waals surface area (Å²) in [5.74, 6) is 0.200. The number of carbonyl (C=O) groups excluding carboxylic acids is 1. The van der Waals surface area contributed by atoms with E-state index in [9.17, 15) is 4.79 Å². The minimum atomic E-state index is 0.200. The Bertz CT molecular complexity index is 441. The molecule has 2 heterocycles. The van der Waals surface area contributed by atoms with Gasteiger partial charge in [-0.2, -0.15) is 0 Å². The van der Waals surface area contributed by atoms with Crippen LogP contribution in [0.15, 0.2) is 12.3 Å². The summed E-state index contributed by atoms with van der Waals surface area (Å²) in [6.45, 7) is 0. The molecule has 0 saturated heterocycles. The summed E-state index contributed by atoms with van der Waals surface area (Å²) in [7, 11) is 0. The molecule has 2 aliphatic rings. The Morgan fingerprint density at radius 1 is 1.38 bits per heavy atom. The number of anilines is 1. The molecule has 0 bridgehead atoms. The first-order valence-corrected chi connectivity index (χ1v) is 6.10. The lowest BCUT2D eigenvalue weighted by atomic mass is 10.2. The second-order valence-electron chi connectivity index (χ2n) is 4.51. The summed E-state index contributed by atoms with van der Waals surface area (Å²) >= 11 is 5.89. The fourth-order valence-corrected chi connectivity index (χ4v) is 2.91. The van der Waals surface area contributed by atoms with Crippen molar-refractivity contribution in [2.75, 3.05) is 4.90 Å². The van der Waals surface area contributed by atoms with Gasteiger partial charge in [-0.3, -0.25) is 4.79 Å². The zero-order chi connectivity index (χ0) is 11.1. The quantitative estimate of drug-likeness (QED) is 0.703. The molecule has 4 heteroatoms. The number of hydrogen-bond donors (Lipinski definition) is 0. The van der Waals surface area contributed by atoms with Crippen LogP contribution in [0, 0.1) is 0 Å². The number of fused-ring (bicyclic) bond motifs is 1. The molecular weight excluding hydrogens is 224 g/mol. The minimum absolute atomic E-state index is 0.200. The molecule has 3 rings (SSSR count). The van der Waals surface area contributed by atoms with E-state index in [1.54, 1.807) is 6.20 Å². The van der Waals surface area contributed by atoms with Crippen molar-refractivity contribution < 1.29 is 4.79 Å². The molecule has 1 aliphatic carbocycles. The Hall–Kier alpha value is -1.09. The van der Waals surface area contributed by atoms with Gasteiger partial charge in [0.25, 0.3) is 0 Å². The summed E-state index contributed by atoms with van der Waals surface area (Å²) in [5.41, 5.74) is 2.00. The maximum absolute atomic E-state index is 12.0. The summed E-state index contributed by atoms with van der Waals surface area (Å²) in [6.07, 6.45) is 6.89. The lowest BCUT2D eigenvalue weighted by Gasteiger charge is -2.24. The largest absolute Gasteiger partial charge is 0.309 e. The van der Waals surface area contributed by atoms with E-state index >= 15 is 0 Å². The lowest BCUT2D eigenvalue weighted by molar-refractivity contribution is -0.117. The van der Waals surface area contributed by atoms with E-state index in [0.717, 1.165) is 24.1 Å². The SMILES string of the molecule is O=C1Cc2cnc(Cl)cc2N1C1CCCC1. The number of hydrogen-bond acceptors (Lipinski definition) is 2. The highest BCUT2D eigenvalue weighted by atomic mass is 35.5. The third kappa shape index (κ3) is 1.50. The van der Waals surface area contributed by atoms with Crippen LogP contribution in [0.3, 0.4) is 0 Å². The van der Waals surface area contributed by atoms with Crippen molar-refractivity contribution in [3.8, 4) is 0 Å². The Morgan fingerprint density at radius 2 is 2.12 bits per heavy atom. The van der Waals surface area contributed by atoms with Crippen LogP contribution in [-0.2, 0) is 11.2 Å². The molecular formula is C12H13ClN2O. The first kappa shape index (κ1) is 10.1. The molecule has 0 aromatic carbocycles. The van der Waals surface area contributed by atoms with E-state index in [1.807, 2.05) is 11.0 Å². The summed E-state index contributed by atoms with van der Waals surface area (Å²) < 4.78 is 0. The molecule has 1 aromatic rings. The summed E-state index contributed by atoms with van der Waals surface area (Å²) in [5, 5.41) is 0.469. The molecule has 1 saturated carbocycles. The first-order chi connectivity index (χ1) is 7.75. The van der Waals surface area contributed by atoms with Gasteiger partial charge in [0.05, 0.1) is 12.1 Å². The minimum Gasteiger partial charge on any atom is -0.309 e. The van der Waals surface area contributed by atoms with Crippen LogP contribution in [0.5, 0.6) is 0 Å². The van der Waals surface area contributed by atoms with Gasteiger partial charge < -0.3 is 4.90 Å². The molecule has 1 fully saturated rings. The van der Waals surface area contributed by atoms with Crippen LogP contribution in [0.25, 0.3) is 0 Å². The number of amides is 1. The van der Waals surface area contributed by atoms with Crippen LogP contribution in [0.2, 0.25) is 5.15 Å². The second-order valence-corrected chi connectivity index (χ2v) is 4.90. The number of aromatic nitrogens is 1. The van der Waals surface area contributed by atoms with Crippen molar-refractivity contribution in [1.82, 2.24) is 4.98 Å². The molecule has 0 radical (unpaired) electrons. The van der Waals surface area contributed by atoms with E-state index in [-0.39, 0.29) is 5.91 Å². The average Bonchev–Trinajstić information content (AvgIpc) is 2.83. The molecule has 1 aliphatic heterocycles. The Kier molecular flexibility index (Phi) is 2.36. The smallest absolute Gasteiger partial charge is 0.231 e. The third-order valence-electron chi connectivity index (χ3n) is 3.49. The first-order valence-electron chi connectivity index (χ1n) is 5.72. The van der Waals surface area contributed by atoms with Gasteiger partial charge in [-0.15, -0.1) is 0 Å². The lowest BCUT2D eigenvalue weighted by Crippen LogP contribution is -2.35. The Morgan fingerprint density at radius 3 is 2.88 bits per heavy atom. The van der Waals surface area contributed by atoms with Crippen LogP contribution in [0.1, 0.15) is 31.2 Å². The molecule has 16 heavy (non-hydrogen) atoms. The third-order valence-corrected chi connectivity index (χ3v) is 3.69. The van der Waals surface area contributed by atoms with Crippen LogP contribution in [0.4, 0.5) is 5.69 Å². The van der Waals surface area contributed by atoms with Crippen LogP contribution >= 0.6 is 11.6 Å². The van der Waals surface area contributed by atoms with Gasteiger partial charge in [0.1, 0.15) is 5.15 Å². The molecule has 84 valence electrons. The predicted octanol–water partition coefficient (Wildman–Crippen LogP) is 2.57. The van der Waals surface area contributed by atoms with Crippen molar-refractivity contribution >= 4 is 23.2 Å². The monoisotopic (exact) mass is 236 g/mol. The zero-order valence-corrected chi connectivity index (χ0v) is 9.70. The number of carbonyl (C=O) groups is 1. The Balaban J connectivity index is 2.00. The second kappa shape index (κ2) is 3.74. The molecule has 0 unspecified atom stereocenters. The number of halogens is 1. The van der Waals surface area contributed by atoms with Gasteiger partial charge in [-0.05, 0) is 18.9 Å². The van der Waals surface area contributed by atoms with E-state index in [4.69, 9.17) is 11.6 Å². The fourth-order valence-electron chi connectivity index (χ4n) is 2.75. The predicted molar refractivity (Wildman–Crippen MR) is 62.7 cm³/mol. The highest BCUT2D eigenvalue weighted by molar-refractivity contribution is 6.29. The van der Waals surface area contributed by atoms with Crippen molar-refractivity contribution in [1.29, 1.82) is 0 Å². The summed E-state index contributed by atoms with van der Waals surface area (Å²) in [4.78, 5) is 18.0. The average molecular weight is 237 g/mol. The molecule has 1 amide bonds. The number of nitrogens with zero attached hydrogens (tertiary/aromatic N) is 2.